The molecule has 0 aliphatic rings. The van der Waals surface area contributed by atoms with Crippen LogP contribution < -0.4 is 10.3 Å². The number of carbonyl (C=O) groups is 1. The van der Waals surface area contributed by atoms with Crippen molar-refractivity contribution >= 4 is 28.5 Å². The number of pyridine rings is 1. The fourth-order valence-corrected chi connectivity index (χ4v) is 2.22. The molecule has 0 atom stereocenters. The quantitative estimate of drug-likeness (QED) is 0.446. The predicted octanol–water partition coefficient (Wildman–Crippen LogP) is 2.92. The minimum absolute atomic E-state index is 0.110. The first-order valence-corrected chi connectivity index (χ1v) is 7.61. The van der Waals surface area contributed by atoms with Crippen LogP contribution in [0, 0.1) is 0 Å². The van der Waals surface area contributed by atoms with Crippen LogP contribution in [0.4, 0.5) is 0 Å². The largest absolute Gasteiger partial charge is 0.494 e. The molecule has 1 aromatic carbocycles. The number of hydrogen-bond acceptors (Lipinski definition) is 4. The number of esters is 1. The van der Waals surface area contributed by atoms with Gasteiger partial charge in [-0.25, -0.2) is 0 Å². The second-order valence-corrected chi connectivity index (χ2v) is 5.21. The number of aromatic nitrogens is 1. The molecule has 0 fully saturated rings. The van der Waals surface area contributed by atoms with Crippen LogP contribution in [0.15, 0.2) is 35.1 Å². The number of unbranched alkanes of at least 4 members (excludes halogenated alkanes) is 1. The number of fused-ring (bicyclic) bond motifs is 1. The summed E-state index contributed by atoms with van der Waals surface area (Å²) in [5.41, 5.74) is 0.441. The highest BCUT2D eigenvalue weighted by molar-refractivity contribution is 6.17. The average molecular weight is 324 g/mol. The van der Waals surface area contributed by atoms with Gasteiger partial charge in [-0.2, -0.15) is 0 Å². The number of nitrogens with zero attached hydrogens (tertiary/aromatic N) is 1. The number of rotatable bonds is 7. The van der Waals surface area contributed by atoms with E-state index in [0.717, 1.165) is 18.2 Å². The number of hydrogen-bond donors (Lipinski definition) is 0. The van der Waals surface area contributed by atoms with E-state index in [1.54, 1.807) is 12.1 Å². The summed E-state index contributed by atoms with van der Waals surface area (Å²) in [4.78, 5) is 22.9. The van der Waals surface area contributed by atoms with Crippen LogP contribution in [-0.4, -0.2) is 23.0 Å². The Bertz CT molecular complexity index is 711. The SMILES string of the molecule is CC(=O)OCn1c(=O)ccc2ccc(OCCCCCl)cc21. The zero-order chi connectivity index (χ0) is 15.9. The van der Waals surface area contributed by atoms with E-state index in [0.29, 0.717) is 23.8 Å². The highest BCUT2D eigenvalue weighted by Gasteiger charge is 2.06. The molecule has 0 amide bonds. The molecule has 6 heteroatoms. The maximum Gasteiger partial charge on any atom is 0.304 e. The number of benzene rings is 1. The summed E-state index contributed by atoms with van der Waals surface area (Å²) >= 11 is 5.62. The smallest absolute Gasteiger partial charge is 0.304 e. The van der Waals surface area contributed by atoms with Gasteiger partial charge in [-0.3, -0.25) is 14.2 Å². The van der Waals surface area contributed by atoms with Gasteiger partial charge >= 0.3 is 5.97 Å². The number of ether oxygens (including phenoxy) is 2. The molecule has 0 aliphatic heterocycles. The van der Waals surface area contributed by atoms with E-state index in [2.05, 4.69) is 0 Å². The molecule has 0 N–H and O–H groups in total. The molecule has 0 saturated heterocycles. The summed E-state index contributed by atoms with van der Waals surface area (Å²) in [7, 11) is 0. The Hall–Kier alpha value is -2.01. The van der Waals surface area contributed by atoms with E-state index in [9.17, 15) is 9.59 Å². The molecule has 2 rings (SSSR count). The van der Waals surface area contributed by atoms with Crippen molar-refractivity contribution in [3.05, 3.63) is 40.7 Å². The van der Waals surface area contributed by atoms with Crippen molar-refractivity contribution in [2.45, 2.75) is 26.5 Å². The first-order valence-electron chi connectivity index (χ1n) is 7.07. The summed E-state index contributed by atoms with van der Waals surface area (Å²) in [6.45, 7) is 1.77. The van der Waals surface area contributed by atoms with Crippen LogP contribution >= 0.6 is 11.6 Å². The standard InChI is InChI=1S/C16H18ClNO4/c1-12(19)22-11-18-15-10-14(21-9-3-2-8-17)6-4-13(15)5-7-16(18)20/h4-7,10H,2-3,8-9,11H2,1H3. The Morgan fingerprint density at radius 2 is 2.00 bits per heavy atom. The van der Waals surface area contributed by atoms with Crippen LogP contribution in [0.25, 0.3) is 10.9 Å². The molecule has 0 aliphatic carbocycles. The molecule has 0 spiro atoms. The number of alkyl halides is 1. The predicted molar refractivity (Wildman–Crippen MR) is 85.4 cm³/mol. The maximum atomic E-state index is 12.0. The first-order chi connectivity index (χ1) is 10.6. The van der Waals surface area contributed by atoms with Crippen molar-refractivity contribution in [1.29, 1.82) is 0 Å². The summed E-state index contributed by atoms with van der Waals surface area (Å²) in [6, 6.07) is 8.69. The highest BCUT2D eigenvalue weighted by atomic mass is 35.5. The Labute approximate surface area is 133 Å². The van der Waals surface area contributed by atoms with Gasteiger partial charge in [0.05, 0.1) is 12.1 Å². The number of carbonyl (C=O) groups excluding carboxylic acids is 1. The van der Waals surface area contributed by atoms with E-state index < -0.39 is 5.97 Å². The fraction of sp³-hybridized carbons (Fsp3) is 0.375. The van der Waals surface area contributed by atoms with E-state index in [-0.39, 0.29) is 12.3 Å². The molecule has 1 aromatic heterocycles. The highest BCUT2D eigenvalue weighted by Crippen LogP contribution is 2.20. The third-order valence-corrected chi connectivity index (χ3v) is 3.43. The molecule has 0 radical (unpaired) electrons. The minimum Gasteiger partial charge on any atom is -0.494 e. The van der Waals surface area contributed by atoms with Crippen LogP contribution in [0.3, 0.4) is 0 Å². The van der Waals surface area contributed by atoms with Crippen molar-refractivity contribution in [1.82, 2.24) is 4.57 Å². The molecule has 0 saturated carbocycles. The third-order valence-electron chi connectivity index (χ3n) is 3.16. The lowest BCUT2D eigenvalue weighted by Crippen LogP contribution is -2.21. The molecule has 22 heavy (non-hydrogen) atoms. The molecule has 0 bridgehead atoms. The zero-order valence-electron chi connectivity index (χ0n) is 12.4. The van der Waals surface area contributed by atoms with Crippen LogP contribution in [0.2, 0.25) is 0 Å². The van der Waals surface area contributed by atoms with Crippen molar-refractivity contribution < 1.29 is 14.3 Å². The fourth-order valence-electron chi connectivity index (χ4n) is 2.03. The van der Waals surface area contributed by atoms with Gasteiger partial charge in [0, 0.05) is 24.9 Å². The average Bonchev–Trinajstić information content (AvgIpc) is 2.50. The Balaban J connectivity index is 2.26. The summed E-state index contributed by atoms with van der Waals surface area (Å²) in [5.74, 6) is 0.852. The van der Waals surface area contributed by atoms with Crippen molar-refractivity contribution in [2.75, 3.05) is 12.5 Å². The van der Waals surface area contributed by atoms with Gasteiger partial charge in [-0.05, 0) is 36.4 Å². The lowest BCUT2D eigenvalue weighted by atomic mass is 10.2. The van der Waals surface area contributed by atoms with Gasteiger partial charge in [0.1, 0.15) is 5.75 Å². The van der Waals surface area contributed by atoms with E-state index >= 15 is 0 Å². The molecular weight excluding hydrogens is 306 g/mol. The monoisotopic (exact) mass is 323 g/mol. The van der Waals surface area contributed by atoms with E-state index in [1.165, 1.54) is 17.6 Å². The second-order valence-electron chi connectivity index (χ2n) is 4.83. The van der Waals surface area contributed by atoms with Gasteiger partial charge < -0.3 is 9.47 Å². The van der Waals surface area contributed by atoms with Gasteiger partial charge in [-0.1, -0.05) is 0 Å². The molecule has 1 heterocycles. The Morgan fingerprint density at radius 3 is 2.73 bits per heavy atom. The number of halogens is 1. The van der Waals surface area contributed by atoms with Crippen LogP contribution in [0.1, 0.15) is 19.8 Å². The Kier molecular flexibility index (Phi) is 5.83. The topological polar surface area (TPSA) is 57.5 Å². The van der Waals surface area contributed by atoms with E-state index in [1.807, 2.05) is 12.1 Å². The zero-order valence-corrected chi connectivity index (χ0v) is 13.1. The van der Waals surface area contributed by atoms with Crippen molar-refractivity contribution in [2.24, 2.45) is 0 Å². The molecule has 0 unspecified atom stereocenters. The maximum absolute atomic E-state index is 12.0. The third kappa shape index (κ3) is 4.24. The normalized spacial score (nSPS) is 10.6. The summed E-state index contributed by atoms with van der Waals surface area (Å²) in [6.07, 6.45) is 1.77. The van der Waals surface area contributed by atoms with Gasteiger partial charge in [-0.15, -0.1) is 11.6 Å². The van der Waals surface area contributed by atoms with Crippen molar-refractivity contribution in [3.8, 4) is 5.75 Å². The lowest BCUT2D eigenvalue weighted by Gasteiger charge is -2.12. The second kappa shape index (κ2) is 7.84. The first kappa shape index (κ1) is 16.4. The van der Waals surface area contributed by atoms with Crippen molar-refractivity contribution in [3.63, 3.8) is 0 Å². The van der Waals surface area contributed by atoms with Crippen LogP contribution in [-0.2, 0) is 16.3 Å². The molecule has 118 valence electrons. The summed E-state index contributed by atoms with van der Waals surface area (Å²) < 4.78 is 12.0. The molecule has 5 nitrogen and oxygen atoms in total. The molecular formula is C16H18ClNO4. The van der Waals surface area contributed by atoms with Crippen LogP contribution in [0.5, 0.6) is 5.75 Å². The molecule has 2 aromatic rings. The van der Waals surface area contributed by atoms with E-state index in [4.69, 9.17) is 21.1 Å². The van der Waals surface area contributed by atoms with Gasteiger partial charge in [0.25, 0.3) is 5.56 Å². The minimum atomic E-state index is -0.433. The lowest BCUT2D eigenvalue weighted by molar-refractivity contribution is -0.144. The van der Waals surface area contributed by atoms with Gasteiger partial charge in [0.2, 0.25) is 0 Å². The summed E-state index contributed by atoms with van der Waals surface area (Å²) in [5, 5.41) is 0.875. The Morgan fingerprint density at radius 1 is 1.23 bits per heavy atom. The van der Waals surface area contributed by atoms with Gasteiger partial charge in [0.15, 0.2) is 6.73 Å².